The Labute approximate surface area is 190 Å². The number of amides is 1. The average molecular weight is 459 g/mol. The minimum atomic E-state index is -0.315. The van der Waals surface area contributed by atoms with E-state index >= 15 is 0 Å². The normalized spacial score (nSPS) is 25.1. The highest BCUT2D eigenvalue weighted by Gasteiger charge is 2.37. The average Bonchev–Trinajstić information content (AvgIpc) is 3.43. The van der Waals surface area contributed by atoms with E-state index in [-0.39, 0.29) is 17.8 Å². The predicted octanol–water partition coefficient (Wildman–Crippen LogP) is 4.98. The number of nitrogens with zero attached hydrogens (tertiary/aromatic N) is 3. The largest absolute Gasteiger partial charge is 0.284 e. The Balaban J connectivity index is 1.40. The highest BCUT2D eigenvalue weighted by molar-refractivity contribution is 6.40. The van der Waals surface area contributed by atoms with Gasteiger partial charge in [0.25, 0.3) is 5.91 Å². The lowest BCUT2D eigenvalue weighted by atomic mass is 10.0. The molecule has 2 aromatic carbocycles. The lowest BCUT2D eigenvalue weighted by Crippen LogP contribution is -2.44. The van der Waals surface area contributed by atoms with Gasteiger partial charge in [0.05, 0.1) is 16.8 Å². The highest BCUT2D eigenvalue weighted by atomic mass is 35.5. The molecule has 5 nitrogen and oxygen atoms in total. The second-order valence-electron chi connectivity index (χ2n) is 8.19. The number of carbonyl (C=O) groups is 1. The molecule has 0 aromatic heterocycles. The third-order valence-corrected chi connectivity index (χ3v) is 6.69. The van der Waals surface area contributed by atoms with Crippen LogP contribution in [-0.2, 0) is 4.79 Å². The number of hydrazine groups is 1. The zero-order chi connectivity index (χ0) is 21.5. The molecule has 3 unspecified atom stereocenters. The van der Waals surface area contributed by atoms with Crippen molar-refractivity contribution in [1.29, 1.82) is 0 Å². The van der Waals surface area contributed by atoms with E-state index in [1.807, 2.05) is 5.01 Å². The minimum Gasteiger partial charge on any atom is -0.284 e. The van der Waals surface area contributed by atoms with Crippen molar-refractivity contribution in [3.63, 3.8) is 0 Å². The number of benzene rings is 2. The molecule has 3 aliphatic rings. The lowest BCUT2D eigenvalue weighted by Gasteiger charge is -2.25. The van der Waals surface area contributed by atoms with Crippen molar-refractivity contribution in [2.45, 2.75) is 18.9 Å². The number of nitrogens with one attached hydrogen (secondary N) is 1. The van der Waals surface area contributed by atoms with Gasteiger partial charge in [-0.05, 0) is 54.2 Å². The summed E-state index contributed by atoms with van der Waals surface area (Å²) in [5, 5.41) is 9.27. The van der Waals surface area contributed by atoms with Gasteiger partial charge in [-0.15, -0.1) is 0 Å². The van der Waals surface area contributed by atoms with E-state index in [9.17, 15) is 9.18 Å². The number of rotatable bonds is 4. The van der Waals surface area contributed by atoms with Crippen molar-refractivity contribution in [3.05, 3.63) is 76.0 Å². The van der Waals surface area contributed by atoms with Crippen LogP contribution < -0.4 is 10.4 Å². The molecule has 8 heteroatoms. The van der Waals surface area contributed by atoms with Gasteiger partial charge in [0.2, 0.25) is 0 Å². The van der Waals surface area contributed by atoms with E-state index in [4.69, 9.17) is 23.2 Å². The third kappa shape index (κ3) is 4.07. The van der Waals surface area contributed by atoms with Gasteiger partial charge in [0.1, 0.15) is 11.5 Å². The van der Waals surface area contributed by atoms with E-state index < -0.39 is 0 Å². The first kappa shape index (κ1) is 20.5. The first-order valence-electron chi connectivity index (χ1n) is 10.3. The van der Waals surface area contributed by atoms with Gasteiger partial charge in [-0.25, -0.2) is 9.40 Å². The maximum Gasteiger partial charge on any atom is 0.281 e. The standard InChI is InChI=1S/C23H21Cl2FN4O/c24-17-6-9-21(19(25)10-17)30-22(14-4-7-18(26)8-5-14)11-20(27-30)23(31)28-29-12-15-2-1-3-16(15)13-29/h1-2,4-10,15-16,22H,3,11-13H2,(H,28,31). The Kier molecular flexibility index (Phi) is 5.46. The molecule has 2 heterocycles. The van der Waals surface area contributed by atoms with Crippen LogP contribution in [0.25, 0.3) is 0 Å². The van der Waals surface area contributed by atoms with Gasteiger partial charge in [0.15, 0.2) is 0 Å². The molecule has 3 atom stereocenters. The molecule has 1 N–H and O–H groups in total. The van der Waals surface area contributed by atoms with Crippen molar-refractivity contribution in [2.75, 3.05) is 18.1 Å². The molecule has 5 rings (SSSR count). The zero-order valence-corrected chi connectivity index (χ0v) is 18.2. The molecule has 1 aliphatic carbocycles. The maximum atomic E-state index is 13.5. The summed E-state index contributed by atoms with van der Waals surface area (Å²) in [7, 11) is 0. The van der Waals surface area contributed by atoms with Gasteiger partial charge in [-0.1, -0.05) is 47.5 Å². The van der Waals surface area contributed by atoms with E-state index in [2.05, 4.69) is 22.7 Å². The van der Waals surface area contributed by atoms with Crippen LogP contribution >= 0.6 is 23.2 Å². The molecule has 1 saturated heterocycles. The van der Waals surface area contributed by atoms with E-state index in [0.29, 0.717) is 39.7 Å². The van der Waals surface area contributed by atoms with Crippen LogP contribution in [0.5, 0.6) is 0 Å². The van der Waals surface area contributed by atoms with Crippen LogP contribution in [0.1, 0.15) is 24.4 Å². The number of hydrogen-bond acceptors (Lipinski definition) is 4. The predicted molar refractivity (Wildman–Crippen MR) is 121 cm³/mol. The lowest BCUT2D eigenvalue weighted by molar-refractivity contribution is -0.119. The molecule has 2 aromatic rings. The zero-order valence-electron chi connectivity index (χ0n) is 16.6. The summed E-state index contributed by atoms with van der Waals surface area (Å²) in [6.45, 7) is 1.65. The summed E-state index contributed by atoms with van der Waals surface area (Å²) in [5.41, 5.74) is 4.92. The molecule has 160 valence electrons. The Bertz CT molecular complexity index is 1070. The monoisotopic (exact) mass is 458 g/mol. The van der Waals surface area contributed by atoms with E-state index in [0.717, 1.165) is 25.1 Å². The van der Waals surface area contributed by atoms with Gasteiger partial charge < -0.3 is 0 Å². The minimum absolute atomic E-state index is 0.219. The first-order valence-corrected chi connectivity index (χ1v) is 11.0. The van der Waals surface area contributed by atoms with Gasteiger partial charge in [-0.2, -0.15) is 5.10 Å². The summed E-state index contributed by atoms with van der Waals surface area (Å²) >= 11 is 12.5. The topological polar surface area (TPSA) is 47.9 Å². The second kappa shape index (κ2) is 8.26. The van der Waals surface area contributed by atoms with Gasteiger partial charge >= 0.3 is 0 Å². The maximum absolute atomic E-state index is 13.5. The summed E-state index contributed by atoms with van der Waals surface area (Å²) in [4.78, 5) is 13.0. The molecule has 31 heavy (non-hydrogen) atoms. The van der Waals surface area contributed by atoms with Crippen LogP contribution in [0.2, 0.25) is 10.0 Å². The molecule has 0 bridgehead atoms. The third-order valence-electron chi connectivity index (χ3n) is 6.16. The van der Waals surface area contributed by atoms with Crippen LogP contribution in [0.15, 0.2) is 59.7 Å². The van der Waals surface area contributed by atoms with Crippen molar-refractivity contribution in [3.8, 4) is 0 Å². The smallest absolute Gasteiger partial charge is 0.281 e. The summed E-state index contributed by atoms with van der Waals surface area (Å²) < 4.78 is 13.5. The van der Waals surface area contributed by atoms with Crippen molar-refractivity contribution in [1.82, 2.24) is 10.4 Å². The summed E-state index contributed by atoms with van der Waals surface area (Å²) in [6, 6.07) is 11.1. The summed E-state index contributed by atoms with van der Waals surface area (Å²) in [6.07, 6.45) is 5.90. The van der Waals surface area contributed by atoms with Crippen molar-refractivity contribution >= 4 is 40.5 Å². The quantitative estimate of drug-likeness (QED) is 0.657. The molecule has 0 spiro atoms. The fraction of sp³-hybridized carbons (Fsp3) is 0.304. The molecular weight excluding hydrogens is 438 g/mol. The van der Waals surface area contributed by atoms with E-state index in [1.165, 1.54) is 12.1 Å². The Morgan fingerprint density at radius 3 is 2.68 bits per heavy atom. The van der Waals surface area contributed by atoms with Crippen LogP contribution in [0.4, 0.5) is 10.1 Å². The fourth-order valence-corrected chi connectivity index (χ4v) is 5.07. The number of halogens is 3. The number of hydrogen-bond donors (Lipinski definition) is 1. The van der Waals surface area contributed by atoms with Gasteiger partial charge in [-0.3, -0.25) is 15.2 Å². The van der Waals surface area contributed by atoms with Crippen molar-refractivity contribution < 1.29 is 9.18 Å². The Hall–Kier alpha value is -2.41. The van der Waals surface area contributed by atoms with Gasteiger partial charge in [0, 0.05) is 24.5 Å². The number of fused-ring (bicyclic) bond motifs is 1. The van der Waals surface area contributed by atoms with Crippen LogP contribution in [0.3, 0.4) is 0 Å². The molecular formula is C23H21Cl2FN4O. The second-order valence-corrected chi connectivity index (χ2v) is 9.04. The van der Waals surface area contributed by atoms with Crippen LogP contribution in [0, 0.1) is 17.7 Å². The SMILES string of the molecule is O=C(NN1CC2C=CCC2C1)C1=NN(c2ccc(Cl)cc2Cl)C(c2ccc(F)cc2)C1. The van der Waals surface area contributed by atoms with E-state index in [1.54, 1.807) is 35.3 Å². The van der Waals surface area contributed by atoms with Crippen LogP contribution in [-0.4, -0.2) is 29.7 Å². The number of hydrazone groups is 1. The molecule has 0 radical (unpaired) electrons. The number of carbonyl (C=O) groups excluding carboxylic acids is 1. The molecule has 0 saturated carbocycles. The molecule has 1 amide bonds. The molecule has 1 fully saturated rings. The number of allylic oxidation sites excluding steroid dienone is 1. The highest BCUT2D eigenvalue weighted by Crippen LogP contribution is 2.40. The fourth-order valence-electron chi connectivity index (χ4n) is 4.57. The Morgan fingerprint density at radius 1 is 1.13 bits per heavy atom. The number of anilines is 1. The molecule has 2 aliphatic heterocycles. The van der Waals surface area contributed by atoms with Crippen molar-refractivity contribution in [2.24, 2.45) is 16.9 Å². The first-order chi connectivity index (χ1) is 15.0. The Morgan fingerprint density at radius 2 is 1.94 bits per heavy atom. The summed E-state index contributed by atoms with van der Waals surface area (Å²) in [5.74, 6) is 0.540.